The number of halogens is 1. The topological polar surface area (TPSA) is 101 Å². The van der Waals surface area contributed by atoms with Crippen LogP contribution in [-0.4, -0.2) is 46.1 Å². The van der Waals surface area contributed by atoms with Crippen molar-refractivity contribution in [2.45, 2.75) is 37.9 Å². The first kappa shape index (κ1) is 21.4. The molecule has 33 heavy (non-hydrogen) atoms. The molecule has 3 aromatic rings. The highest BCUT2D eigenvalue weighted by molar-refractivity contribution is 5.99. The molecule has 2 aliphatic heterocycles. The Kier molecular flexibility index (Phi) is 5.97. The summed E-state index contributed by atoms with van der Waals surface area (Å²) in [5.41, 5.74) is 8.69. The van der Waals surface area contributed by atoms with Crippen LogP contribution in [0.3, 0.4) is 0 Å². The van der Waals surface area contributed by atoms with Crippen molar-refractivity contribution in [3.63, 3.8) is 0 Å². The lowest BCUT2D eigenvalue weighted by Gasteiger charge is -2.44. The number of benzene rings is 1. The molecule has 0 amide bonds. The number of pyridine rings is 1. The van der Waals surface area contributed by atoms with Gasteiger partial charge in [0.15, 0.2) is 5.69 Å². The summed E-state index contributed by atoms with van der Waals surface area (Å²) in [6.45, 7) is 2.28. The van der Waals surface area contributed by atoms with Crippen LogP contribution in [0.4, 0.5) is 21.8 Å². The van der Waals surface area contributed by atoms with Gasteiger partial charge in [-0.05, 0) is 30.7 Å². The van der Waals surface area contributed by atoms with Crippen LogP contribution in [0, 0.1) is 5.82 Å². The smallest absolute Gasteiger partial charge is 0.307 e. The number of guanidine groups is 1. The van der Waals surface area contributed by atoms with Crippen molar-refractivity contribution in [2.75, 3.05) is 18.4 Å². The molecule has 5 rings (SSSR count). The zero-order valence-corrected chi connectivity index (χ0v) is 18.4. The lowest BCUT2D eigenvalue weighted by Crippen LogP contribution is -2.65. The van der Waals surface area contributed by atoms with E-state index in [1.54, 1.807) is 24.7 Å². The average molecular weight is 448 g/mol. The van der Waals surface area contributed by atoms with Crippen LogP contribution >= 0.6 is 0 Å². The first-order valence-electron chi connectivity index (χ1n) is 11.3. The van der Waals surface area contributed by atoms with Crippen LogP contribution in [-0.2, 0) is 6.54 Å². The van der Waals surface area contributed by atoms with Gasteiger partial charge in [0.1, 0.15) is 18.4 Å². The van der Waals surface area contributed by atoms with E-state index >= 15 is 0 Å². The Bertz CT molecular complexity index is 1120. The Morgan fingerprint density at radius 2 is 1.85 bits per heavy atom. The first-order valence-corrected chi connectivity index (χ1v) is 11.3. The number of anilines is 1. The van der Waals surface area contributed by atoms with Crippen LogP contribution in [0.15, 0.2) is 66.0 Å². The number of fused-ring (bicyclic) bond motifs is 1. The monoisotopic (exact) mass is 447 g/mol. The van der Waals surface area contributed by atoms with E-state index in [9.17, 15) is 4.39 Å². The first-order chi connectivity index (χ1) is 16.1. The number of nitrogens with zero attached hydrogens (tertiary/aromatic N) is 5. The maximum absolute atomic E-state index is 13.6. The van der Waals surface area contributed by atoms with Crippen molar-refractivity contribution in [3.8, 4) is 0 Å². The third kappa shape index (κ3) is 4.29. The van der Waals surface area contributed by atoms with E-state index in [0.717, 1.165) is 43.6 Å². The highest BCUT2D eigenvalue weighted by atomic mass is 19.1. The van der Waals surface area contributed by atoms with E-state index in [1.165, 1.54) is 12.1 Å². The van der Waals surface area contributed by atoms with Gasteiger partial charge in [-0.15, -0.1) is 0 Å². The third-order valence-corrected chi connectivity index (χ3v) is 6.60. The lowest BCUT2D eigenvalue weighted by atomic mass is 9.92. The van der Waals surface area contributed by atoms with Gasteiger partial charge in [0.2, 0.25) is 11.8 Å². The molecule has 4 N–H and O–H groups in total. The number of piperidine rings is 1. The molecule has 3 unspecified atom stereocenters. The molecule has 170 valence electrons. The van der Waals surface area contributed by atoms with E-state index in [1.807, 2.05) is 18.2 Å². The SMILES string of the molecule is NC1=Nc2ncccc2[N+]1(Cc1ccc(F)cc1)C1CCNC(CCNc2ncccn2)C1. The normalized spacial score (nSPS) is 24.2. The van der Waals surface area contributed by atoms with E-state index in [2.05, 4.69) is 36.6 Å². The largest absolute Gasteiger partial charge is 0.354 e. The number of aliphatic imine (C=N–C) groups is 1. The summed E-state index contributed by atoms with van der Waals surface area (Å²) >= 11 is 0. The second kappa shape index (κ2) is 9.21. The molecule has 1 fully saturated rings. The summed E-state index contributed by atoms with van der Waals surface area (Å²) in [6, 6.07) is 13.0. The lowest BCUT2D eigenvalue weighted by molar-refractivity contribution is 0.213. The number of quaternary nitrogens is 1. The van der Waals surface area contributed by atoms with Gasteiger partial charge in [0.05, 0.1) is 0 Å². The van der Waals surface area contributed by atoms with E-state index in [-0.39, 0.29) is 11.9 Å². The van der Waals surface area contributed by atoms with Crippen molar-refractivity contribution in [1.29, 1.82) is 0 Å². The van der Waals surface area contributed by atoms with Crippen molar-refractivity contribution in [2.24, 2.45) is 10.7 Å². The molecular weight excluding hydrogens is 419 g/mol. The number of aromatic nitrogens is 3. The van der Waals surface area contributed by atoms with Crippen LogP contribution in [0.1, 0.15) is 24.8 Å². The molecule has 1 aromatic carbocycles. The van der Waals surface area contributed by atoms with Crippen molar-refractivity contribution < 1.29 is 4.39 Å². The maximum atomic E-state index is 13.6. The predicted octanol–water partition coefficient (Wildman–Crippen LogP) is 3.10. The van der Waals surface area contributed by atoms with Gasteiger partial charge < -0.3 is 16.4 Å². The van der Waals surface area contributed by atoms with Gasteiger partial charge >= 0.3 is 5.96 Å². The summed E-state index contributed by atoms with van der Waals surface area (Å²) in [5.74, 6) is 1.62. The standard InChI is InChI=1S/C24H28FN8/c25-18-6-4-17(5-7-18)16-33(21-3-1-10-28-22(21)32-23(33)26)20-9-14-27-19(15-20)8-13-31-24-29-11-2-12-30-24/h1-7,10-12,19-20,27H,8-9,13-16H2,(H2,26,28,32)(H,29,30,31)/q+1. The van der Waals surface area contributed by atoms with Gasteiger partial charge in [-0.1, -0.05) is 12.1 Å². The number of nitrogens with two attached hydrogens (primary N) is 1. The molecule has 0 bridgehead atoms. The molecule has 0 saturated carbocycles. The Morgan fingerprint density at radius 1 is 1.06 bits per heavy atom. The van der Waals surface area contributed by atoms with Gasteiger partial charge in [0.25, 0.3) is 0 Å². The minimum absolute atomic E-state index is 0.225. The highest BCUT2D eigenvalue weighted by Gasteiger charge is 2.50. The van der Waals surface area contributed by atoms with Crippen molar-refractivity contribution >= 4 is 23.4 Å². The average Bonchev–Trinajstić information content (AvgIpc) is 3.13. The molecule has 2 aromatic heterocycles. The van der Waals surface area contributed by atoms with Crippen LogP contribution < -0.4 is 20.9 Å². The predicted molar refractivity (Wildman–Crippen MR) is 127 cm³/mol. The Labute approximate surface area is 192 Å². The summed E-state index contributed by atoms with van der Waals surface area (Å²) in [5, 5.41) is 6.94. The fourth-order valence-electron chi connectivity index (χ4n) is 5.02. The zero-order valence-electron chi connectivity index (χ0n) is 18.4. The van der Waals surface area contributed by atoms with E-state index < -0.39 is 0 Å². The zero-order chi connectivity index (χ0) is 22.7. The second-order valence-corrected chi connectivity index (χ2v) is 8.59. The molecule has 3 atom stereocenters. The molecule has 0 spiro atoms. The number of hydrogen-bond acceptors (Lipinski definition) is 7. The minimum Gasteiger partial charge on any atom is -0.354 e. The fraction of sp³-hybridized carbons (Fsp3) is 0.333. The molecular formula is C24H28FN8+. The fourth-order valence-corrected chi connectivity index (χ4v) is 5.02. The van der Waals surface area contributed by atoms with Crippen LogP contribution in [0.5, 0.6) is 0 Å². The van der Waals surface area contributed by atoms with Gasteiger partial charge in [-0.2, -0.15) is 4.99 Å². The highest BCUT2D eigenvalue weighted by Crippen LogP contribution is 2.43. The number of rotatable bonds is 7. The van der Waals surface area contributed by atoms with Crippen LogP contribution in [0.2, 0.25) is 0 Å². The van der Waals surface area contributed by atoms with Gasteiger partial charge in [-0.3, -0.25) is 0 Å². The quantitative estimate of drug-likeness (QED) is 0.481. The molecule has 0 aliphatic carbocycles. The summed E-state index contributed by atoms with van der Waals surface area (Å²) < 4.78 is 14.0. The molecule has 0 radical (unpaired) electrons. The number of nitrogens with one attached hydrogen (secondary N) is 2. The summed E-state index contributed by atoms with van der Waals surface area (Å²) in [6.07, 6.45) is 8.03. The van der Waals surface area contributed by atoms with Gasteiger partial charge in [0, 0.05) is 62.2 Å². The second-order valence-electron chi connectivity index (χ2n) is 8.59. The molecule has 4 heterocycles. The summed E-state index contributed by atoms with van der Waals surface area (Å²) in [4.78, 5) is 17.6. The Hall–Kier alpha value is -3.43. The molecule has 8 nitrogen and oxygen atoms in total. The molecule has 2 aliphatic rings. The van der Waals surface area contributed by atoms with Gasteiger partial charge in [-0.25, -0.2) is 23.8 Å². The summed E-state index contributed by atoms with van der Waals surface area (Å²) in [7, 11) is 0. The molecule has 9 heteroatoms. The molecule has 1 saturated heterocycles. The van der Waals surface area contributed by atoms with E-state index in [0.29, 0.717) is 34.8 Å². The maximum Gasteiger partial charge on any atom is 0.307 e. The van der Waals surface area contributed by atoms with Crippen molar-refractivity contribution in [1.82, 2.24) is 24.8 Å². The third-order valence-electron chi connectivity index (χ3n) is 6.60. The van der Waals surface area contributed by atoms with E-state index in [4.69, 9.17) is 5.73 Å². The Balaban J connectivity index is 1.38. The minimum atomic E-state index is -0.243. The Morgan fingerprint density at radius 3 is 2.67 bits per heavy atom. The van der Waals surface area contributed by atoms with Crippen molar-refractivity contribution in [3.05, 3.63) is 72.4 Å². The van der Waals surface area contributed by atoms with Crippen LogP contribution in [0.25, 0.3) is 0 Å². The number of hydrogen-bond donors (Lipinski definition) is 3.